The Balaban J connectivity index is 1.25. The molecule has 1 fully saturated rings. The number of hydrogen-bond acceptors (Lipinski definition) is 6. The number of carbonyl (C=O) groups excluding carboxylic acids is 2. The van der Waals surface area contributed by atoms with Gasteiger partial charge in [0, 0.05) is 41.4 Å². The Hall–Kier alpha value is -3.39. The first-order chi connectivity index (χ1) is 15.1. The zero-order valence-electron chi connectivity index (χ0n) is 17.0. The van der Waals surface area contributed by atoms with Gasteiger partial charge in [0.25, 0.3) is 0 Å². The van der Waals surface area contributed by atoms with Gasteiger partial charge in [-0.25, -0.2) is 4.98 Å². The molecule has 0 saturated carbocycles. The van der Waals surface area contributed by atoms with Gasteiger partial charge in [0.05, 0.1) is 16.6 Å². The molecular weight excluding hydrogens is 414 g/mol. The molecule has 1 unspecified atom stereocenters. The van der Waals surface area contributed by atoms with Crippen LogP contribution in [0.2, 0.25) is 0 Å². The van der Waals surface area contributed by atoms with Crippen LogP contribution in [0.4, 0.5) is 11.4 Å². The number of amides is 2. The van der Waals surface area contributed by atoms with Crippen molar-refractivity contribution in [3.63, 3.8) is 0 Å². The number of rotatable bonds is 4. The Morgan fingerprint density at radius 3 is 2.65 bits per heavy atom. The lowest BCUT2D eigenvalue weighted by Crippen LogP contribution is -2.28. The van der Waals surface area contributed by atoms with Crippen molar-refractivity contribution >= 4 is 34.5 Å². The molecule has 5 rings (SSSR count). The van der Waals surface area contributed by atoms with Gasteiger partial charge in [0.1, 0.15) is 13.2 Å². The monoisotopic (exact) mass is 435 g/mol. The molecule has 1 aromatic heterocycles. The third-order valence-corrected chi connectivity index (χ3v) is 6.17. The minimum absolute atomic E-state index is 0.0777. The number of aromatic nitrogens is 1. The first kappa shape index (κ1) is 19.6. The quantitative estimate of drug-likeness (QED) is 0.673. The Morgan fingerprint density at radius 2 is 1.90 bits per heavy atom. The molecule has 1 N–H and O–H groups in total. The zero-order chi connectivity index (χ0) is 21.4. The van der Waals surface area contributed by atoms with Crippen LogP contribution in [0.5, 0.6) is 11.5 Å². The lowest BCUT2D eigenvalue weighted by Gasteiger charge is -2.22. The average molecular weight is 436 g/mol. The van der Waals surface area contributed by atoms with Crippen molar-refractivity contribution in [2.24, 2.45) is 5.92 Å². The highest BCUT2D eigenvalue weighted by molar-refractivity contribution is 7.09. The Kier molecular flexibility index (Phi) is 5.07. The van der Waals surface area contributed by atoms with Crippen LogP contribution in [0.15, 0.2) is 47.8 Å². The van der Waals surface area contributed by atoms with E-state index in [9.17, 15) is 9.59 Å². The molecule has 3 aromatic rings. The molecule has 2 aromatic carbocycles. The summed E-state index contributed by atoms with van der Waals surface area (Å²) in [5, 5.41) is 5.96. The molecule has 2 aliphatic rings. The van der Waals surface area contributed by atoms with E-state index in [2.05, 4.69) is 10.3 Å². The minimum atomic E-state index is -0.415. The number of nitrogens with one attached hydrogen (secondary N) is 1. The fourth-order valence-corrected chi connectivity index (χ4v) is 4.42. The summed E-state index contributed by atoms with van der Waals surface area (Å²) < 4.78 is 11.1. The summed E-state index contributed by atoms with van der Waals surface area (Å²) in [6.07, 6.45) is 0.177. The van der Waals surface area contributed by atoms with Crippen molar-refractivity contribution in [2.45, 2.75) is 13.3 Å². The van der Waals surface area contributed by atoms with Crippen molar-refractivity contribution in [1.29, 1.82) is 0 Å². The number of fused-ring (bicyclic) bond motifs is 1. The van der Waals surface area contributed by atoms with Gasteiger partial charge in [0.15, 0.2) is 11.5 Å². The predicted octanol–water partition coefficient (Wildman–Crippen LogP) is 3.88. The highest BCUT2D eigenvalue weighted by Crippen LogP contribution is 2.36. The summed E-state index contributed by atoms with van der Waals surface area (Å²) in [5.74, 6) is 0.644. The van der Waals surface area contributed by atoms with Crippen molar-refractivity contribution in [2.75, 3.05) is 30.0 Å². The van der Waals surface area contributed by atoms with Crippen molar-refractivity contribution < 1.29 is 19.1 Å². The summed E-state index contributed by atoms with van der Waals surface area (Å²) >= 11 is 1.60. The smallest absolute Gasteiger partial charge is 0.229 e. The molecule has 0 spiro atoms. The molecule has 158 valence electrons. The van der Waals surface area contributed by atoms with Crippen LogP contribution in [0.25, 0.3) is 11.3 Å². The average Bonchev–Trinajstić information content (AvgIpc) is 3.40. The van der Waals surface area contributed by atoms with Crippen molar-refractivity contribution in [3.05, 3.63) is 52.9 Å². The predicted molar refractivity (Wildman–Crippen MR) is 119 cm³/mol. The molecular formula is C23H21N3O4S. The van der Waals surface area contributed by atoms with Gasteiger partial charge in [0.2, 0.25) is 11.8 Å². The fourth-order valence-electron chi connectivity index (χ4n) is 3.80. The van der Waals surface area contributed by atoms with Crippen LogP contribution in [-0.4, -0.2) is 36.6 Å². The maximum Gasteiger partial charge on any atom is 0.229 e. The van der Waals surface area contributed by atoms with Crippen LogP contribution < -0.4 is 19.7 Å². The summed E-state index contributed by atoms with van der Waals surface area (Å²) in [6.45, 7) is 3.30. The number of nitrogens with zero attached hydrogens (tertiary/aromatic N) is 2. The first-order valence-electron chi connectivity index (χ1n) is 10.1. The number of thiazole rings is 1. The van der Waals surface area contributed by atoms with E-state index in [0.29, 0.717) is 42.6 Å². The summed E-state index contributed by atoms with van der Waals surface area (Å²) in [6, 6.07) is 13.0. The number of anilines is 2. The third kappa shape index (κ3) is 3.98. The van der Waals surface area contributed by atoms with E-state index in [1.54, 1.807) is 28.4 Å². The standard InChI is InChI=1S/C23H21N3O4S/c1-14-24-19(13-31-14)15-2-4-17(5-3-15)25-23(28)16-10-22(27)26(12-16)18-6-7-20-21(11-18)30-9-8-29-20/h2-7,11,13,16H,8-10,12H2,1H3,(H,25,28). The largest absolute Gasteiger partial charge is 0.486 e. The second kappa shape index (κ2) is 8.03. The van der Waals surface area contributed by atoms with E-state index in [1.807, 2.05) is 42.6 Å². The van der Waals surface area contributed by atoms with E-state index in [-0.39, 0.29) is 18.2 Å². The second-order valence-electron chi connectivity index (χ2n) is 7.55. The molecule has 31 heavy (non-hydrogen) atoms. The minimum Gasteiger partial charge on any atom is -0.486 e. The maximum absolute atomic E-state index is 12.8. The van der Waals surface area contributed by atoms with Gasteiger partial charge in [-0.1, -0.05) is 12.1 Å². The van der Waals surface area contributed by atoms with Crippen molar-refractivity contribution in [3.8, 4) is 22.8 Å². The number of aryl methyl sites for hydroxylation is 1. The van der Waals surface area contributed by atoms with E-state index in [1.165, 1.54) is 0 Å². The molecule has 0 aliphatic carbocycles. The number of hydrogen-bond donors (Lipinski definition) is 1. The molecule has 0 radical (unpaired) electrons. The number of carbonyl (C=O) groups is 2. The maximum atomic E-state index is 12.8. The van der Waals surface area contributed by atoms with Gasteiger partial charge < -0.3 is 19.7 Å². The molecule has 1 atom stereocenters. The molecule has 7 nitrogen and oxygen atoms in total. The lowest BCUT2D eigenvalue weighted by atomic mass is 10.1. The Morgan fingerprint density at radius 1 is 1.13 bits per heavy atom. The van der Waals surface area contributed by atoms with Crippen molar-refractivity contribution in [1.82, 2.24) is 4.98 Å². The first-order valence-corrected chi connectivity index (χ1v) is 11.0. The summed E-state index contributed by atoms with van der Waals surface area (Å²) in [7, 11) is 0. The highest BCUT2D eigenvalue weighted by Gasteiger charge is 2.35. The van der Waals surface area contributed by atoms with E-state index in [4.69, 9.17) is 9.47 Å². The zero-order valence-corrected chi connectivity index (χ0v) is 17.8. The number of benzene rings is 2. The van der Waals surface area contributed by atoms with Crippen LogP contribution in [0.3, 0.4) is 0 Å². The lowest BCUT2D eigenvalue weighted by molar-refractivity contribution is -0.122. The fraction of sp³-hybridized carbons (Fsp3) is 0.261. The highest BCUT2D eigenvalue weighted by atomic mass is 32.1. The Labute approximate surface area is 183 Å². The van der Waals surface area contributed by atoms with E-state index in [0.717, 1.165) is 16.3 Å². The molecule has 3 heterocycles. The topological polar surface area (TPSA) is 80.8 Å². The van der Waals surface area contributed by atoms with Crippen LogP contribution in [-0.2, 0) is 9.59 Å². The van der Waals surface area contributed by atoms with Gasteiger partial charge in [-0.2, -0.15) is 0 Å². The summed E-state index contributed by atoms with van der Waals surface area (Å²) in [5.41, 5.74) is 3.35. The second-order valence-corrected chi connectivity index (χ2v) is 8.61. The summed E-state index contributed by atoms with van der Waals surface area (Å²) in [4.78, 5) is 31.5. The van der Waals surface area contributed by atoms with Crippen LogP contribution in [0.1, 0.15) is 11.4 Å². The van der Waals surface area contributed by atoms with E-state index < -0.39 is 5.92 Å². The molecule has 1 saturated heterocycles. The van der Waals surface area contributed by atoms with Gasteiger partial charge >= 0.3 is 0 Å². The van der Waals surface area contributed by atoms with E-state index >= 15 is 0 Å². The normalized spacial score (nSPS) is 17.6. The SMILES string of the molecule is Cc1nc(-c2ccc(NC(=O)C3CC(=O)N(c4ccc5c(c4)OCCO5)C3)cc2)cs1. The molecule has 2 aliphatic heterocycles. The van der Waals surface area contributed by atoms with Gasteiger partial charge in [-0.05, 0) is 31.2 Å². The number of ether oxygens (including phenoxy) is 2. The van der Waals surface area contributed by atoms with Gasteiger partial charge in [-0.15, -0.1) is 11.3 Å². The third-order valence-electron chi connectivity index (χ3n) is 5.40. The van der Waals surface area contributed by atoms with Gasteiger partial charge in [-0.3, -0.25) is 9.59 Å². The van der Waals surface area contributed by atoms with Crippen LogP contribution in [0, 0.1) is 12.8 Å². The Bertz CT molecular complexity index is 1140. The molecule has 2 amide bonds. The van der Waals surface area contributed by atoms with Crippen LogP contribution >= 0.6 is 11.3 Å². The molecule has 8 heteroatoms. The molecule has 0 bridgehead atoms.